The fourth-order valence-corrected chi connectivity index (χ4v) is 3.67. The quantitative estimate of drug-likeness (QED) is 0.836. The minimum atomic E-state index is -1.09. The van der Waals surface area contributed by atoms with E-state index in [1.54, 1.807) is 0 Å². The average molecular weight is 352 g/mol. The van der Waals surface area contributed by atoms with Gasteiger partial charge in [-0.15, -0.1) is 11.8 Å². The number of carbonyl (C=O) groups is 3. The number of halogens is 1. The Bertz CT molecular complexity index is 663. The lowest BCUT2D eigenvalue weighted by atomic mass is 10.0. The van der Waals surface area contributed by atoms with Gasteiger partial charge < -0.3 is 15.3 Å². The summed E-state index contributed by atoms with van der Waals surface area (Å²) in [7, 11) is 0. The van der Waals surface area contributed by atoms with E-state index in [0.29, 0.717) is 17.9 Å². The number of nitrogens with zero attached hydrogens (tertiary/aromatic N) is 1. The van der Waals surface area contributed by atoms with E-state index in [9.17, 15) is 23.9 Å². The van der Waals surface area contributed by atoms with E-state index in [1.807, 2.05) is 0 Å². The monoisotopic (exact) mass is 352 g/mol. The number of carbonyl (C=O) groups excluding carboxylic acids is 2. The summed E-state index contributed by atoms with van der Waals surface area (Å²) in [6, 6.07) is 4.30. The summed E-state index contributed by atoms with van der Waals surface area (Å²) in [5.41, 5.74) is 0.441. The number of nitrogens with one attached hydrogen (secondary N) is 1. The molecule has 2 aliphatic rings. The Balaban J connectivity index is 1.85. The standard InChI is InChI=1S/C16H17FN2O4S/c17-11-5-3-9(4-6-11)12(18-13(20)10-1-2-10)14(21)19-7-8-24-15(19)16(22)23/h3-6,10,12,15H,1-2,7-8H2,(H,18,20)(H,22,23)/t12-,15+/m1/s1. The number of hydrogen-bond acceptors (Lipinski definition) is 4. The van der Waals surface area contributed by atoms with Crippen LogP contribution in [0.1, 0.15) is 24.4 Å². The molecule has 2 fully saturated rings. The van der Waals surface area contributed by atoms with Crippen molar-refractivity contribution in [2.75, 3.05) is 12.3 Å². The Hall–Kier alpha value is -2.09. The van der Waals surface area contributed by atoms with Gasteiger partial charge in [-0.05, 0) is 30.5 Å². The molecular weight excluding hydrogens is 335 g/mol. The minimum absolute atomic E-state index is 0.0935. The van der Waals surface area contributed by atoms with Gasteiger partial charge in [0.15, 0.2) is 5.37 Å². The van der Waals surface area contributed by atoms with E-state index in [0.717, 1.165) is 12.8 Å². The highest BCUT2D eigenvalue weighted by atomic mass is 32.2. The summed E-state index contributed by atoms with van der Waals surface area (Å²) >= 11 is 1.17. The Morgan fingerprint density at radius 3 is 2.50 bits per heavy atom. The van der Waals surface area contributed by atoms with Gasteiger partial charge in [-0.3, -0.25) is 9.59 Å². The number of carboxylic acids is 1. The van der Waals surface area contributed by atoms with Crippen molar-refractivity contribution in [1.82, 2.24) is 10.2 Å². The van der Waals surface area contributed by atoms with Gasteiger partial charge in [-0.2, -0.15) is 0 Å². The first-order valence-corrected chi connectivity index (χ1v) is 8.73. The SMILES string of the molecule is O=C(N[C@@H](C(=O)N1CCS[C@H]1C(=O)O)c1ccc(F)cc1)C1CC1. The van der Waals surface area contributed by atoms with Crippen LogP contribution in [0.5, 0.6) is 0 Å². The zero-order chi connectivity index (χ0) is 17.3. The molecule has 0 aromatic heterocycles. The fourth-order valence-electron chi connectivity index (χ4n) is 2.61. The molecule has 0 unspecified atom stereocenters. The molecule has 1 aromatic rings. The van der Waals surface area contributed by atoms with Crippen LogP contribution >= 0.6 is 11.8 Å². The van der Waals surface area contributed by atoms with Crippen LogP contribution in [-0.2, 0) is 14.4 Å². The zero-order valence-corrected chi connectivity index (χ0v) is 13.6. The molecule has 24 heavy (non-hydrogen) atoms. The van der Waals surface area contributed by atoms with Gasteiger partial charge in [0, 0.05) is 18.2 Å². The molecular formula is C16H17FN2O4S. The molecule has 1 heterocycles. The van der Waals surface area contributed by atoms with Crippen molar-refractivity contribution in [3.8, 4) is 0 Å². The van der Waals surface area contributed by atoms with Crippen molar-refractivity contribution in [1.29, 1.82) is 0 Å². The van der Waals surface area contributed by atoms with Crippen LogP contribution in [0, 0.1) is 11.7 Å². The van der Waals surface area contributed by atoms with Gasteiger partial charge in [0.2, 0.25) is 5.91 Å². The van der Waals surface area contributed by atoms with E-state index in [-0.39, 0.29) is 11.8 Å². The number of carboxylic acid groups (broad SMARTS) is 1. The second kappa shape index (κ2) is 6.80. The minimum Gasteiger partial charge on any atom is -0.479 e. The smallest absolute Gasteiger partial charge is 0.337 e. The van der Waals surface area contributed by atoms with Gasteiger partial charge in [0.05, 0.1) is 0 Å². The molecule has 1 aliphatic heterocycles. The molecule has 1 saturated carbocycles. The maximum atomic E-state index is 13.2. The van der Waals surface area contributed by atoms with Crippen LogP contribution < -0.4 is 5.32 Å². The van der Waals surface area contributed by atoms with Crippen LogP contribution in [-0.4, -0.2) is 45.5 Å². The van der Waals surface area contributed by atoms with Crippen LogP contribution in [0.4, 0.5) is 4.39 Å². The highest BCUT2D eigenvalue weighted by molar-refractivity contribution is 8.00. The average Bonchev–Trinajstić information content (AvgIpc) is 3.29. The number of benzene rings is 1. The summed E-state index contributed by atoms with van der Waals surface area (Å²) in [6.45, 7) is 0.303. The Labute approximate surface area is 142 Å². The molecule has 1 saturated heterocycles. The van der Waals surface area contributed by atoms with E-state index in [2.05, 4.69) is 5.32 Å². The number of hydrogen-bond donors (Lipinski definition) is 2. The van der Waals surface area contributed by atoms with Gasteiger partial charge in [-0.25, -0.2) is 9.18 Å². The molecule has 1 aromatic carbocycles. The highest BCUT2D eigenvalue weighted by Crippen LogP contribution is 2.31. The maximum Gasteiger partial charge on any atom is 0.337 e. The first kappa shape index (κ1) is 16.8. The van der Waals surface area contributed by atoms with Crippen molar-refractivity contribution in [2.45, 2.75) is 24.3 Å². The van der Waals surface area contributed by atoms with Gasteiger partial charge >= 0.3 is 5.97 Å². The lowest BCUT2D eigenvalue weighted by Gasteiger charge is -2.27. The van der Waals surface area contributed by atoms with Crippen molar-refractivity contribution in [2.24, 2.45) is 5.92 Å². The molecule has 1 aliphatic carbocycles. The Kier molecular flexibility index (Phi) is 4.75. The lowest BCUT2D eigenvalue weighted by molar-refractivity contribution is -0.146. The number of amides is 2. The van der Waals surface area contributed by atoms with Crippen LogP contribution in [0.25, 0.3) is 0 Å². The summed E-state index contributed by atoms with van der Waals surface area (Å²) < 4.78 is 13.2. The largest absolute Gasteiger partial charge is 0.479 e. The van der Waals surface area contributed by atoms with Crippen LogP contribution in [0.2, 0.25) is 0 Å². The summed E-state index contributed by atoms with van der Waals surface area (Å²) in [6.07, 6.45) is 1.57. The van der Waals surface area contributed by atoms with E-state index in [1.165, 1.54) is 40.9 Å². The lowest BCUT2D eigenvalue weighted by Crippen LogP contribution is -2.47. The highest BCUT2D eigenvalue weighted by Gasteiger charge is 2.40. The summed E-state index contributed by atoms with van der Waals surface area (Å²) in [5.74, 6) is -1.81. The third-order valence-electron chi connectivity index (χ3n) is 4.07. The molecule has 128 valence electrons. The topological polar surface area (TPSA) is 86.7 Å². The third-order valence-corrected chi connectivity index (χ3v) is 5.26. The van der Waals surface area contributed by atoms with Crippen molar-refractivity contribution < 1.29 is 23.9 Å². The molecule has 0 bridgehead atoms. The van der Waals surface area contributed by atoms with Crippen molar-refractivity contribution in [3.63, 3.8) is 0 Å². The predicted molar refractivity (Wildman–Crippen MR) is 85.6 cm³/mol. The van der Waals surface area contributed by atoms with E-state index in [4.69, 9.17) is 0 Å². The Morgan fingerprint density at radius 2 is 1.92 bits per heavy atom. The maximum absolute atomic E-state index is 13.2. The third kappa shape index (κ3) is 3.53. The molecule has 0 spiro atoms. The summed E-state index contributed by atoms with van der Waals surface area (Å²) in [4.78, 5) is 37.5. The van der Waals surface area contributed by atoms with Crippen molar-refractivity contribution >= 4 is 29.5 Å². The number of aliphatic carboxylic acids is 1. The van der Waals surface area contributed by atoms with Gasteiger partial charge in [0.1, 0.15) is 11.9 Å². The molecule has 3 rings (SSSR count). The molecule has 8 heteroatoms. The first-order valence-electron chi connectivity index (χ1n) is 7.68. The number of rotatable bonds is 5. The normalized spacial score (nSPS) is 21.4. The van der Waals surface area contributed by atoms with Crippen molar-refractivity contribution in [3.05, 3.63) is 35.6 Å². The van der Waals surface area contributed by atoms with E-state index < -0.39 is 29.1 Å². The second-order valence-electron chi connectivity index (χ2n) is 5.86. The predicted octanol–water partition coefficient (Wildman–Crippen LogP) is 1.38. The zero-order valence-electron chi connectivity index (χ0n) is 12.8. The Morgan fingerprint density at radius 1 is 1.25 bits per heavy atom. The van der Waals surface area contributed by atoms with Gasteiger partial charge in [0.25, 0.3) is 5.91 Å². The molecule has 0 radical (unpaired) electrons. The molecule has 6 nitrogen and oxygen atoms in total. The second-order valence-corrected chi connectivity index (χ2v) is 7.05. The fraction of sp³-hybridized carbons (Fsp3) is 0.438. The first-order chi connectivity index (χ1) is 11.5. The van der Waals surface area contributed by atoms with Crippen LogP contribution in [0.3, 0.4) is 0 Å². The molecule has 2 N–H and O–H groups in total. The molecule has 2 atom stereocenters. The van der Waals surface area contributed by atoms with Crippen LogP contribution in [0.15, 0.2) is 24.3 Å². The van der Waals surface area contributed by atoms with Gasteiger partial charge in [-0.1, -0.05) is 12.1 Å². The summed E-state index contributed by atoms with van der Waals surface area (Å²) in [5, 5.41) is 11.0. The molecule has 2 amide bonds. The number of thioether (sulfide) groups is 1. The van der Waals surface area contributed by atoms with E-state index >= 15 is 0 Å².